The Kier molecular flexibility index (Phi) is 7.08. The lowest BCUT2D eigenvalue weighted by Crippen LogP contribution is -2.19. The number of carbonyl (C=O) groups excluding carboxylic acids is 1. The molecule has 2 N–H and O–H groups in total. The van der Waals surface area contributed by atoms with Gasteiger partial charge in [-0.15, -0.1) is 0 Å². The Morgan fingerprint density at radius 3 is 2.40 bits per heavy atom. The number of hydrogen-bond acceptors (Lipinski definition) is 8. The summed E-state index contributed by atoms with van der Waals surface area (Å²) >= 11 is 0. The Balaban J connectivity index is 2.71. The van der Waals surface area contributed by atoms with Crippen LogP contribution in [0.3, 0.4) is 0 Å². The molecule has 0 fully saturated rings. The van der Waals surface area contributed by atoms with E-state index in [0.29, 0.717) is 25.7 Å². The molecule has 1 aromatic rings. The van der Waals surface area contributed by atoms with Crippen molar-refractivity contribution in [2.24, 2.45) is 0 Å². The summed E-state index contributed by atoms with van der Waals surface area (Å²) in [7, 11) is 0. The van der Waals surface area contributed by atoms with E-state index in [4.69, 9.17) is 9.47 Å². The summed E-state index contributed by atoms with van der Waals surface area (Å²) in [6.07, 6.45) is 0.855. The Hall–Kier alpha value is -2.12. The monoisotopic (exact) mass is 283 g/mol. The molecule has 0 saturated carbocycles. The Morgan fingerprint density at radius 2 is 1.80 bits per heavy atom. The highest BCUT2D eigenvalue weighted by molar-refractivity contribution is 5.74. The van der Waals surface area contributed by atoms with Crippen LogP contribution < -0.4 is 15.4 Å². The minimum atomic E-state index is -0.367. The maximum atomic E-state index is 11.3. The summed E-state index contributed by atoms with van der Waals surface area (Å²) in [5.74, 6) is 0.309. The average Bonchev–Trinajstić information content (AvgIpc) is 2.43. The van der Waals surface area contributed by atoms with Gasteiger partial charge in [0.1, 0.15) is 6.54 Å². The molecule has 1 aromatic heterocycles. The van der Waals surface area contributed by atoms with Crippen molar-refractivity contribution in [2.75, 3.05) is 36.9 Å². The van der Waals surface area contributed by atoms with E-state index < -0.39 is 0 Å². The van der Waals surface area contributed by atoms with E-state index in [0.717, 1.165) is 6.42 Å². The zero-order valence-electron chi connectivity index (χ0n) is 12.1. The van der Waals surface area contributed by atoms with Crippen LogP contribution in [0.4, 0.5) is 11.9 Å². The van der Waals surface area contributed by atoms with Gasteiger partial charge in [0.05, 0.1) is 13.2 Å². The molecular formula is C12H21N5O3. The van der Waals surface area contributed by atoms with Gasteiger partial charge < -0.3 is 20.1 Å². The summed E-state index contributed by atoms with van der Waals surface area (Å²) in [4.78, 5) is 23.6. The molecule has 0 aromatic carbocycles. The molecule has 0 radical (unpaired) electrons. The van der Waals surface area contributed by atoms with Crippen molar-refractivity contribution in [1.82, 2.24) is 15.0 Å². The van der Waals surface area contributed by atoms with Gasteiger partial charge in [0.2, 0.25) is 11.9 Å². The van der Waals surface area contributed by atoms with Gasteiger partial charge in [-0.1, -0.05) is 6.92 Å². The molecule has 0 saturated heterocycles. The molecule has 0 aliphatic rings. The minimum Gasteiger partial charge on any atom is -0.465 e. The zero-order valence-corrected chi connectivity index (χ0v) is 12.1. The molecule has 8 nitrogen and oxygen atoms in total. The van der Waals surface area contributed by atoms with Crippen LogP contribution in [0.5, 0.6) is 6.01 Å². The Bertz CT molecular complexity index is 428. The maximum Gasteiger partial charge on any atom is 0.325 e. The fourth-order valence-corrected chi connectivity index (χ4v) is 1.29. The van der Waals surface area contributed by atoms with Crippen LogP contribution >= 0.6 is 0 Å². The highest BCUT2D eigenvalue weighted by Gasteiger charge is 2.08. The second-order valence-electron chi connectivity index (χ2n) is 3.80. The zero-order chi connectivity index (χ0) is 14.8. The molecule has 0 spiro atoms. The van der Waals surface area contributed by atoms with Crippen LogP contribution in [0, 0.1) is 0 Å². The molecule has 0 atom stereocenters. The minimum absolute atomic E-state index is 0.00334. The normalized spacial score (nSPS) is 9.95. The van der Waals surface area contributed by atoms with Crippen molar-refractivity contribution in [3.63, 3.8) is 0 Å². The van der Waals surface area contributed by atoms with Crippen molar-refractivity contribution in [3.05, 3.63) is 0 Å². The quantitative estimate of drug-likeness (QED) is 0.649. The third kappa shape index (κ3) is 5.68. The van der Waals surface area contributed by atoms with Gasteiger partial charge in [0, 0.05) is 6.54 Å². The van der Waals surface area contributed by atoms with Crippen LogP contribution in [0.2, 0.25) is 0 Å². The predicted molar refractivity (Wildman–Crippen MR) is 74.9 cm³/mol. The molecule has 1 heterocycles. The highest BCUT2D eigenvalue weighted by atomic mass is 16.5. The smallest absolute Gasteiger partial charge is 0.325 e. The molecule has 0 aliphatic heterocycles. The standard InChI is InChI=1S/C12H21N5O3/c1-4-7-20-12-16-10(13-5-2)15-11(17-12)14-8-9(18)19-6-3/h4-8H2,1-3H3,(H2,13,14,15,16,17). The van der Waals surface area contributed by atoms with Gasteiger partial charge in [0.15, 0.2) is 0 Å². The highest BCUT2D eigenvalue weighted by Crippen LogP contribution is 2.11. The number of ether oxygens (including phenoxy) is 2. The van der Waals surface area contributed by atoms with Crippen molar-refractivity contribution in [2.45, 2.75) is 27.2 Å². The number of nitrogens with zero attached hydrogens (tertiary/aromatic N) is 3. The molecule has 0 bridgehead atoms. The molecule has 8 heteroatoms. The van der Waals surface area contributed by atoms with E-state index in [-0.39, 0.29) is 24.5 Å². The first kappa shape index (κ1) is 15.9. The third-order valence-electron chi connectivity index (χ3n) is 2.08. The van der Waals surface area contributed by atoms with Crippen LogP contribution in [0.15, 0.2) is 0 Å². The fourth-order valence-electron chi connectivity index (χ4n) is 1.29. The van der Waals surface area contributed by atoms with E-state index in [1.165, 1.54) is 0 Å². The maximum absolute atomic E-state index is 11.3. The first-order chi connectivity index (χ1) is 9.69. The molecular weight excluding hydrogens is 262 g/mol. The number of hydrogen-bond donors (Lipinski definition) is 2. The van der Waals surface area contributed by atoms with Gasteiger partial charge in [-0.3, -0.25) is 4.79 Å². The Labute approximate surface area is 118 Å². The van der Waals surface area contributed by atoms with Gasteiger partial charge in [0.25, 0.3) is 0 Å². The first-order valence-electron chi connectivity index (χ1n) is 6.71. The fraction of sp³-hybridized carbons (Fsp3) is 0.667. The number of anilines is 2. The largest absolute Gasteiger partial charge is 0.465 e. The summed E-state index contributed by atoms with van der Waals surface area (Å²) in [6.45, 7) is 7.21. The summed E-state index contributed by atoms with van der Waals surface area (Å²) in [6, 6.07) is 0.226. The summed E-state index contributed by atoms with van der Waals surface area (Å²) in [5.41, 5.74) is 0. The van der Waals surface area contributed by atoms with Crippen molar-refractivity contribution in [1.29, 1.82) is 0 Å². The molecule has 0 aliphatic carbocycles. The number of esters is 1. The second-order valence-corrected chi connectivity index (χ2v) is 3.80. The lowest BCUT2D eigenvalue weighted by molar-refractivity contribution is -0.140. The number of aromatic nitrogens is 3. The predicted octanol–water partition coefficient (Wildman–Crippen LogP) is 1.07. The summed E-state index contributed by atoms with van der Waals surface area (Å²) in [5, 5.41) is 5.77. The van der Waals surface area contributed by atoms with E-state index in [1.807, 2.05) is 13.8 Å². The van der Waals surface area contributed by atoms with Crippen LogP contribution in [0.25, 0.3) is 0 Å². The number of carbonyl (C=O) groups is 1. The summed E-state index contributed by atoms with van der Waals surface area (Å²) < 4.78 is 10.2. The SMILES string of the molecule is CCCOc1nc(NCC)nc(NCC(=O)OCC)n1. The number of rotatable bonds is 9. The lowest BCUT2D eigenvalue weighted by atomic mass is 10.5. The molecule has 20 heavy (non-hydrogen) atoms. The van der Waals surface area contributed by atoms with E-state index in [1.54, 1.807) is 6.92 Å². The van der Waals surface area contributed by atoms with Crippen LogP contribution in [0.1, 0.15) is 27.2 Å². The third-order valence-corrected chi connectivity index (χ3v) is 2.08. The molecule has 0 amide bonds. The van der Waals surface area contributed by atoms with E-state index in [9.17, 15) is 4.79 Å². The van der Waals surface area contributed by atoms with Gasteiger partial charge in [-0.05, 0) is 20.3 Å². The first-order valence-corrected chi connectivity index (χ1v) is 6.71. The van der Waals surface area contributed by atoms with Gasteiger partial charge in [-0.2, -0.15) is 15.0 Å². The van der Waals surface area contributed by atoms with E-state index in [2.05, 4.69) is 25.6 Å². The van der Waals surface area contributed by atoms with Gasteiger partial charge >= 0.3 is 12.0 Å². The van der Waals surface area contributed by atoms with Crippen molar-refractivity contribution >= 4 is 17.9 Å². The van der Waals surface area contributed by atoms with Crippen LogP contribution in [-0.2, 0) is 9.53 Å². The lowest BCUT2D eigenvalue weighted by Gasteiger charge is -2.09. The van der Waals surface area contributed by atoms with Gasteiger partial charge in [-0.25, -0.2) is 0 Å². The number of nitrogens with one attached hydrogen (secondary N) is 2. The van der Waals surface area contributed by atoms with E-state index >= 15 is 0 Å². The van der Waals surface area contributed by atoms with Crippen molar-refractivity contribution < 1.29 is 14.3 Å². The van der Waals surface area contributed by atoms with Crippen LogP contribution in [-0.4, -0.2) is 47.2 Å². The average molecular weight is 283 g/mol. The molecule has 0 unspecified atom stereocenters. The Morgan fingerprint density at radius 1 is 1.10 bits per heavy atom. The molecule has 1 rings (SSSR count). The second kappa shape index (κ2) is 8.89. The van der Waals surface area contributed by atoms with Crippen molar-refractivity contribution in [3.8, 4) is 6.01 Å². The topological polar surface area (TPSA) is 98.3 Å². The molecule has 112 valence electrons.